The van der Waals surface area contributed by atoms with Crippen molar-refractivity contribution >= 4 is 5.84 Å². The van der Waals surface area contributed by atoms with Crippen LogP contribution in [0.2, 0.25) is 0 Å². The molecule has 1 aliphatic heterocycles. The number of nitrogens with zero attached hydrogens (tertiary/aromatic N) is 2. The summed E-state index contributed by atoms with van der Waals surface area (Å²) in [5.74, 6) is 2.48. The molecule has 3 rings (SSSR count). The van der Waals surface area contributed by atoms with Gasteiger partial charge in [0.2, 0.25) is 0 Å². The molecule has 0 spiro atoms. The largest absolute Gasteiger partial charge is 0.341 e. The number of nitrogens with one attached hydrogen (secondary N) is 1. The van der Waals surface area contributed by atoms with Crippen LogP contribution in [0.15, 0.2) is 88.9 Å². The second-order valence-corrected chi connectivity index (χ2v) is 7.32. The van der Waals surface area contributed by atoms with E-state index in [2.05, 4.69) is 93.2 Å². The number of hydrogen-bond acceptors (Lipinski definition) is 2. The van der Waals surface area contributed by atoms with Crippen molar-refractivity contribution in [3.8, 4) is 0 Å². The maximum absolute atomic E-state index is 4.91. The lowest BCUT2D eigenvalue weighted by Gasteiger charge is -2.33. The van der Waals surface area contributed by atoms with E-state index in [1.54, 1.807) is 0 Å². The van der Waals surface area contributed by atoms with Crippen molar-refractivity contribution in [2.75, 3.05) is 7.05 Å². The maximum Gasteiger partial charge on any atom is 0.131 e. The molecule has 1 unspecified atom stereocenters. The van der Waals surface area contributed by atoms with Crippen molar-refractivity contribution < 1.29 is 0 Å². The minimum Gasteiger partial charge on any atom is -0.341 e. The molecule has 1 N–H and O–H groups in total. The van der Waals surface area contributed by atoms with Crippen LogP contribution in [-0.2, 0) is 6.54 Å². The topological polar surface area (TPSA) is 27.6 Å². The van der Waals surface area contributed by atoms with E-state index in [0.717, 1.165) is 29.3 Å². The van der Waals surface area contributed by atoms with Gasteiger partial charge in [0, 0.05) is 18.8 Å². The first-order valence-corrected chi connectivity index (χ1v) is 9.52. The van der Waals surface area contributed by atoms with Crippen molar-refractivity contribution in [3.05, 3.63) is 95.0 Å². The van der Waals surface area contributed by atoms with E-state index in [0.29, 0.717) is 12.5 Å². The minimum absolute atomic E-state index is 0.487. The van der Waals surface area contributed by atoms with Gasteiger partial charge in [0.15, 0.2) is 0 Å². The van der Waals surface area contributed by atoms with E-state index in [4.69, 9.17) is 4.99 Å². The molecule has 2 aliphatic rings. The molecule has 3 heteroatoms. The van der Waals surface area contributed by atoms with Crippen LogP contribution in [0, 0.1) is 12.8 Å². The predicted molar refractivity (Wildman–Crippen MR) is 115 cm³/mol. The predicted octanol–water partition coefficient (Wildman–Crippen LogP) is 5.25. The number of amidine groups is 1. The van der Waals surface area contributed by atoms with E-state index in [9.17, 15) is 0 Å². The Balaban J connectivity index is 1.98. The summed E-state index contributed by atoms with van der Waals surface area (Å²) in [6, 6.07) is 8.56. The molecule has 0 saturated heterocycles. The van der Waals surface area contributed by atoms with Crippen molar-refractivity contribution in [1.29, 1.82) is 0 Å². The SMILES string of the molecule is C=C/C(C)=C1/NC(C2=CC=CCC2C)=CC(=NCc2ccc(C)cc2)N1C. The van der Waals surface area contributed by atoms with Crippen LogP contribution in [0.25, 0.3) is 0 Å². The van der Waals surface area contributed by atoms with Crippen LogP contribution < -0.4 is 5.32 Å². The average molecular weight is 360 g/mol. The van der Waals surface area contributed by atoms with Crippen LogP contribution in [0.1, 0.15) is 31.4 Å². The second-order valence-electron chi connectivity index (χ2n) is 7.32. The number of aryl methyl sites for hydroxylation is 1. The lowest BCUT2D eigenvalue weighted by atomic mass is 9.90. The van der Waals surface area contributed by atoms with Crippen molar-refractivity contribution in [3.63, 3.8) is 0 Å². The number of aliphatic imine (C=N–C) groups is 1. The van der Waals surface area contributed by atoms with Crippen LogP contribution in [-0.4, -0.2) is 17.8 Å². The van der Waals surface area contributed by atoms with Gasteiger partial charge in [-0.15, -0.1) is 0 Å². The summed E-state index contributed by atoms with van der Waals surface area (Å²) in [5, 5.41) is 3.60. The summed E-state index contributed by atoms with van der Waals surface area (Å²) in [7, 11) is 2.05. The van der Waals surface area contributed by atoms with Gasteiger partial charge in [-0.05, 0) is 42.9 Å². The maximum atomic E-state index is 4.91. The highest BCUT2D eigenvalue weighted by atomic mass is 15.3. The first-order valence-electron chi connectivity index (χ1n) is 9.52. The Bertz CT molecular complexity index is 863. The van der Waals surface area contributed by atoms with Crippen molar-refractivity contribution in [2.45, 2.75) is 33.7 Å². The number of likely N-dealkylation sites (N-methyl/N-ethyl adjacent to an activating group) is 1. The molecule has 1 heterocycles. The zero-order valence-electron chi connectivity index (χ0n) is 16.8. The molecule has 1 aromatic rings. The number of allylic oxidation sites excluding steroid dienone is 6. The standard InChI is InChI=1S/C24H29N3/c1-6-18(3)24-26-22(21-10-8-7-9-19(21)4)15-23(27(24)5)25-16-20-13-11-17(2)12-14-20/h6-8,10-15,19,26H,1,9,16H2,2-5H3/b24-18-,25-23?. The fourth-order valence-corrected chi connectivity index (χ4v) is 3.32. The van der Waals surface area contributed by atoms with Gasteiger partial charge in [-0.3, -0.25) is 4.99 Å². The molecule has 140 valence electrons. The summed E-state index contributed by atoms with van der Waals surface area (Å²) in [5.41, 5.74) is 6.04. The van der Waals surface area contributed by atoms with Gasteiger partial charge >= 0.3 is 0 Å². The van der Waals surface area contributed by atoms with Gasteiger partial charge < -0.3 is 10.2 Å². The van der Waals surface area contributed by atoms with Crippen LogP contribution in [0.5, 0.6) is 0 Å². The Morgan fingerprint density at radius 2 is 2.07 bits per heavy atom. The number of hydrogen-bond donors (Lipinski definition) is 1. The Hall–Kier alpha value is -2.81. The third-order valence-corrected chi connectivity index (χ3v) is 5.17. The minimum atomic E-state index is 0.487. The normalized spacial score (nSPS) is 22.9. The molecular formula is C24H29N3. The Labute approximate surface area is 163 Å². The molecular weight excluding hydrogens is 330 g/mol. The molecule has 1 atom stereocenters. The van der Waals surface area contributed by atoms with Gasteiger partial charge in [-0.1, -0.05) is 67.6 Å². The van der Waals surface area contributed by atoms with E-state index < -0.39 is 0 Å². The first-order chi connectivity index (χ1) is 13.0. The first kappa shape index (κ1) is 19.0. The third-order valence-electron chi connectivity index (χ3n) is 5.17. The molecule has 1 aliphatic carbocycles. The Morgan fingerprint density at radius 1 is 1.33 bits per heavy atom. The van der Waals surface area contributed by atoms with Gasteiger partial charge in [0.05, 0.1) is 6.54 Å². The van der Waals surface area contributed by atoms with Crippen LogP contribution in [0.3, 0.4) is 0 Å². The second kappa shape index (κ2) is 8.26. The Kier molecular flexibility index (Phi) is 5.80. The summed E-state index contributed by atoms with van der Waals surface area (Å²) < 4.78 is 0. The lowest BCUT2D eigenvalue weighted by molar-refractivity contribution is 0.547. The molecule has 0 fully saturated rings. The van der Waals surface area contributed by atoms with Crippen molar-refractivity contribution in [2.24, 2.45) is 10.9 Å². The third kappa shape index (κ3) is 4.30. The van der Waals surface area contributed by atoms with E-state index in [-0.39, 0.29) is 0 Å². The molecule has 0 saturated carbocycles. The van der Waals surface area contributed by atoms with Gasteiger partial charge in [0.1, 0.15) is 11.7 Å². The fourth-order valence-electron chi connectivity index (χ4n) is 3.32. The molecule has 27 heavy (non-hydrogen) atoms. The van der Waals surface area contributed by atoms with E-state index in [1.807, 2.05) is 6.08 Å². The highest BCUT2D eigenvalue weighted by Gasteiger charge is 2.24. The molecule has 0 radical (unpaired) electrons. The summed E-state index contributed by atoms with van der Waals surface area (Å²) in [6.07, 6.45) is 11.7. The zero-order valence-corrected chi connectivity index (χ0v) is 16.8. The molecule has 3 nitrogen and oxygen atoms in total. The zero-order chi connectivity index (χ0) is 19.4. The van der Waals surface area contributed by atoms with E-state index >= 15 is 0 Å². The molecule has 0 bridgehead atoms. The van der Waals surface area contributed by atoms with Crippen LogP contribution in [0.4, 0.5) is 0 Å². The van der Waals surface area contributed by atoms with Gasteiger partial charge in [-0.2, -0.15) is 0 Å². The van der Waals surface area contributed by atoms with E-state index in [1.165, 1.54) is 16.7 Å². The molecule has 1 aromatic carbocycles. The summed E-state index contributed by atoms with van der Waals surface area (Å²) in [4.78, 5) is 7.02. The molecule has 0 aromatic heterocycles. The number of benzene rings is 1. The van der Waals surface area contributed by atoms with Crippen molar-refractivity contribution in [1.82, 2.24) is 10.2 Å². The highest BCUT2D eigenvalue weighted by molar-refractivity contribution is 5.96. The highest BCUT2D eigenvalue weighted by Crippen LogP contribution is 2.29. The Morgan fingerprint density at radius 3 is 2.74 bits per heavy atom. The lowest BCUT2D eigenvalue weighted by Crippen LogP contribution is -2.39. The number of rotatable bonds is 4. The summed E-state index contributed by atoms with van der Waals surface area (Å²) >= 11 is 0. The smallest absolute Gasteiger partial charge is 0.131 e. The quantitative estimate of drug-likeness (QED) is 0.795. The van der Waals surface area contributed by atoms with Gasteiger partial charge in [0.25, 0.3) is 0 Å². The molecule has 0 amide bonds. The fraction of sp³-hybridized carbons (Fsp3) is 0.292. The summed E-state index contributed by atoms with van der Waals surface area (Å²) in [6.45, 7) is 11.1. The van der Waals surface area contributed by atoms with Crippen LogP contribution >= 0.6 is 0 Å². The van der Waals surface area contributed by atoms with Gasteiger partial charge in [-0.25, -0.2) is 0 Å². The average Bonchev–Trinajstić information content (AvgIpc) is 2.68. The monoisotopic (exact) mass is 359 g/mol.